The molecule has 0 aliphatic rings. The van der Waals surface area contributed by atoms with E-state index in [2.05, 4.69) is 43.4 Å². The van der Waals surface area contributed by atoms with Gasteiger partial charge in [-0.25, -0.2) is 4.68 Å². The Morgan fingerprint density at radius 3 is 2.07 bits per heavy atom. The second-order valence-corrected chi connectivity index (χ2v) is 7.00. The van der Waals surface area contributed by atoms with Crippen LogP contribution in [0, 0.1) is 0 Å². The molecule has 29 heavy (non-hydrogen) atoms. The van der Waals surface area contributed by atoms with Gasteiger partial charge in [-0.3, -0.25) is 0 Å². The summed E-state index contributed by atoms with van der Waals surface area (Å²) in [6, 6.07) is 27.0. The van der Waals surface area contributed by atoms with Gasteiger partial charge in [-0.15, -0.1) is 0 Å². The minimum absolute atomic E-state index is 0.693. The Balaban J connectivity index is 0.000000169. The number of rotatable bonds is 4. The van der Waals surface area contributed by atoms with Gasteiger partial charge in [0.2, 0.25) is 0 Å². The predicted molar refractivity (Wildman–Crippen MR) is 121 cm³/mol. The minimum Gasteiger partial charge on any atom is -0.398 e. The Bertz CT molecular complexity index is 1060. The van der Waals surface area contributed by atoms with Crippen LogP contribution in [0.1, 0.15) is 5.56 Å². The second-order valence-electron chi connectivity index (χ2n) is 6.14. The van der Waals surface area contributed by atoms with Crippen molar-refractivity contribution in [3.05, 3.63) is 101 Å². The molecule has 7 heteroatoms. The molecule has 0 unspecified atom stereocenters. The number of halogens is 1. The zero-order chi connectivity index (χ0) is 20.5. The molecule has 1 heterocycles. The molecule has 4 aromatic rings. The molecule has 0 radical (unpaired) electrons. The number of azo groups is 1. The first-order valence-electron chi connectivity index (χ1n) is 8.95. The Morgan fingerprint density at radius 2 is 1.45 bits per heavy atom. The highest BCUT2D eigenvalue weighted by Gasteiger charge is 1.98. The molecule has 0 saturated carbocycles. The van der Waals surface area contributed by atoms with Gasteiger partial charge in [-0.2, -0.15) is 15.3 Å². The first-order chi connectivity index (χ1) is 14.1. The van der Waals surface area contributed by atoms with E-state index in [9.17, 15) is 0 Å². The Morgan fingerprint density at radius 1 is 0.793 bits per heavy atom. The van der Waals surface area contributed by atoms with Crippen LogP contribution in [0.15, 0.2) is 106 Å². The van der Waals surface area contributed by atoms with Gasteiger partial charge >= 0.3 is 0 Å². The molecule has 0 spiro atoms. The van der Waals surface area contributed by atoms with Crippen LogP contribution in [0.25, 0.3) is 0 Å². The number of anilines is 2. The van der Waals surface area contributed by atoms with E-state index in [0.29, 0.717) is 11.5 Å². The third kappa shape index (κ3) is 6.29. The number of hydrogen-bond donors (Lipinski definition) is 2. The normalized spacial score (nSPS) is 10.5. The first-order valence-corrected chi connectivity index (χ1v) is 9.74. The summed E-state index contributed by atoms with van der Waals surface area (Å²) in [6.07, 6.45) is 1.71. The molecule has 0 atom stereocenters. The van der Waals surface area contributed by atoms with E-state index in [1.165, 1.54) is 5.56 Å². The molecule has 0 aliphatic carbocycles. The Hall–Kier alpha value is -3.45. The monoisotopic (exact) mass is 448 g/mol. The molecule has 0 bridgehead atoms. The lowest BCUT2D eigenvalue weighted by atomic mass is 10.2. The summed E-state index contributed by atoms with van der Waals surface area (Å²) in [4.78, 5) is 0. The van der Waals surface area contributed by atoms with Crippen molar-refractivity contribution in [3.8, 4) is 0 Å². The lowest BCUT2D eigenvalue weighted by molar-refractivity contribution is 0.697. The van der Waals surface area contributed by atoms with Crippen molar-refractivity contribution < 1.29 is 0 Å². The van der Waals surface area contributed by atoms with Crippen molar-refractivity contribution in [1.29, 1.82) is 0 Å². The van der Waals surface area contributed by atoms with E-state index in [0.717, 1.165) is 22.4 Å². The van der Waals surface area contributed by atoms with E-state index in [1.807, 2.05) is 60.7 Å². The van der Waals surface area contributed by atoms with Gasteiger partial charge < -0.3 is 11.5 Å². The smallest absolute Gasteiger partial charge is 0.122 e. The van der Waals surface area contributed by atoms with Crippen LogP contribution in [0.2, 0.25) is 0 Å². The van der Waals surface area contributed by atoms with Crippen molar-refractivity contribution in [1.82, 2.24) is 9.78 Å². The van der Waals surface area contributed by atoms with Gasteiger partial charge in [0.15, 0.2) is 0 Å². The molecule has 1 aromatic heterocycles. The molecule has 0 saturated heterocycles. The van der Waals surface area contributed by atoms with Gasteiger partial charge in [-0.05, 0) is 57.9 Å². The highest BCUT2D eigenvalue weighted by Crippen LogP contribution is 2.26. The highest BCUT2D eigenvalue weighted by molar-refractivity contribution is 9.10. The maximum absolute atomic E-state index is 5.69. The van der Waals surface area contributed by atoms with Gasteiger partial charge in [-0.1, -0.05) is 48.5 Å². The Kier molecular flexibility index (Phi) is 7.13. The van der Waals surface area contributed by atoms with Gasteiger partial charge in [0.1, 0.15) is 5.82 Å². The number of benzene rings is 3. The topological polar surface area (TPSA) is 94.6 Å². The molecular formula is C22H21BrN6. The molecule has 6 nitrogen and oxygen atoms in total. The quantitative estimate of drug-likeness (QED) is 0.297. The van der Waals surface area contributed by atoms with Crippen LogP contribution >= 0.6 is 15.9 Å². The zero-order valence-electron chi connectivity index (χ0n) is 15.7. The number of nitrogens with two attached hydrogens (primary N) is 2. The maximum atomic E-state index is 5.69. The third-order valence-electron chi connectivity index (χ3n) is 3.95. The summed E-state index contributed by atoms with van der Waals surface area (Å²) in [5.41, 5.74) is 14.9. The second kappa shape index (κ2) is 10.2. The number of nitrogen functional groups attached to an aromatic ring is 2. The van der Waals surface area contributed by atoms with Crippen molar-refractivity contribution in [3.63, 3.8) is 0 Å². The molecule has 0 amide bonds. The Labute approximate surface area is 178 Å². The summed E-state index contributed by atoms with van der Waals surface area (Å²) in [6.45, 7) is 0.736. The van der Waals surface area contributed by atoms with Crippen LogP contribution in [0.4, 0.5) is 22.9 Å². The van der Waals surface area contributed by atoms with E-state index >= 15 is 0 Å². The SMILES string of the molecule is Nc1ccc(/N=N/c2ccccc2)cc1Br.Nc1ccnn1Cc1ccccc1. The minimum atomic E-state index is 0.693. The predicted octanol–water partition coefficient (Wildman–Crippen LogP) is 5.96. The molecule has 0 fully saturated rings. The van der Waals surface area contributed by atoms with Gasteiger partial charge in [0.05, 0.1) is 24.1 Å². The number of nitrogens with zero attached hydrogens (tertiary/aromatic N) is 4. The van der Waals surface area contributed by atoms with Crippen molar-refractivity contribution in [2.45, 2.75) is 6.54 Å². The first kappa shape index (κ1) is 20.3. The largest absolute Gasteiger partial charge is 0.398 e. The lowest BCUT2D eigenvalue weighted by Crippen LogP contribution is -2.05. The summed E-state index contributed by atoms with van der Waals surface area (Å²) >= 11 is 3.35. The fourth-order valence-electron chi connectivity index (χ4n) is 2.42. The fourth-order valence-corrected chi connectivity index (χ4v) is 2.79. The number of aromatic nitrogens is 2. The van der Waals surface area contributed by atoms with Crippen LogP contribution in [-0.4, -0.2) is 9.78 Å². The summed E-state index contributed by atoms with van der Waals surface area (Å²) in [5, 5.41) is 12.3. The van der Waals surface area contributed by atoms with Crippen molar-refractivity contribution in [2.24, 2.45) is 10.2 Å². The van der Waals surface area contributed by atoms with Crippen LogP contribution in [-0.2, 0) is 6.54 Å². The molecule has 4 rings (SSSR count). The lowest BCUT2D eigenvalue weighted by Gasteiger charge is -2.03. The average Bonchev–Trinajstić information content (AvgIpc) is 3.15. The van der Waals surface area contributed by atoms with Crippen molar-refractivity contribution in [2.75, 3.05) is 11.5 Å². The molecule has 0 aliphatic heterocycles. The third-order valence-corrected chi connectivity index (χ3v) is 4.63. The van der Waals surface area contributed by atoms with Crippen LogP contribution in [0.5, 0.6) is 0 Å². The van der Waals surface area contributed by atoms with E-state index in [1.54, 1.807) is 23.0 Å². The van der Waals surface area contributed by atoms with Crippen LogP contribution in [0.3, 0.4) is 0 Å². The summed E-state index contributed by atoms with van der Waals surface area (Å²) < 4.78 is 2.60. The van der Waals surface area contributed by atoms with E-state index in [4.69, 9.17) is 11.5 Å². The molecule has 146 valence electrons. The van der Waals surface area contributed by atoms with Gasteiger partial charge in [0, 0.05) is 10.2 Å². The average molecular weight is 449 g/mol. The maximum Gasteiger partial charge on any atom is 0.122 e. The standard InChI is InChI=1S/C12H10BrN3.C10H11N3/c13-11-8-10(6-7-12(11)14)16-15-9-4-2-1-3-5-9;11-10-6-7-12-13(10)8-9-4-2-1-3-5-9/h1-8H,14H2;1-7H,8,11H2/b16-15+;. The van der Waals surface area contributed by atoms with Gasteiger partial charge in [0.25, 0.3) is 0 Å². The zero-order valence-corrected chi connectivity index (χ0v) is 17.3. The van der Waals surface area contributed by atoms with Crippen molar-refractivity contribution >= 4 is 38.8 Å². The fraction of sp³-hybridized carbons (Fsp3) is 0.0455. The van der Waals surface area contributed by atoms with E-state index in [-0.39, 0.29) is 0 Å². The summed E-state index contributed by atoms with van der Waals surface area (Å²) in [7, 11) is 0. The molecule has 3 aromatic carbocycles. The summed E-state index contributed by atoms with van der Waals surface area (Å²) in [5.74, 6) is 0.698. The molecule has 4 N–H and O–H groups in total. The van der Waals surface area contributed by atoms with E-state index < -0.39 is 0 Å². The molecular weight excluding hydrogens is 428 g/mol. The van der Waals surface area contributed by atoms with Crippen LogP contribution < -0.4 is 11.5 Å². The number of hydrogen-bond acceptors (Lipinski definition) is 5. The highest BCUT2D eigenvalue weighted by atomic mass is 79.9.